The van der Waals surface area contributed by atoms with Gasteiger partial charge in [-0.05, 0) is 40.9 Å². The van der Waals surface area contributed by atoms with Crippen LogP contribution in [0.5, 0.6) is 0 Å². The van der Waals surface area contributed by atoms with E-state index in [-0.39, 0.29) is 11.9 Å². The number of hydrogen-bond acceptors (Lipinski definition) is 4. The van der Waals surface area contributed by atoms with E-state index in [1.165, 1.54) is 0 Å². The van der Waals surface area contributed by atoms with Crippen LogP contribution in [0.2, 0.25) is 0 Å². The summed E-state index contributed by atoms with van der Waals surface area (Å²) >= 11 is 3.38. The molecule has 1 aliphatic heterocycles. The maximum atomic E-state index is 12.5. The third kappa shape index (κ3) is 3.49. The maximum Gasteiger partial charge on any atom is 0.255 e. The van der Waals surface area contributed by atoms with E-state index in [9.17, 15) is 4.79 Å². The fraction of sp³-hybridized carbons (Fsp3) is 0.571. The lowest BCUT2D eigenvalue weighted by atomic mass is 9.94. The van der Waals surface area contributed by atoms with Gasteiger partial charge in [-0.15, -0.1) is 0 Å². The van der Waals surface area contributed by atoms with Gasteiger partial charge in [0.25, 0.3) is 5.91 Å². The molecule has 20 heavy (non-hydrogen) atoms. The van der Waals surface area contributed by atoms with Crippen molar-refractivity contribution < 1.29 is 4.79 Å². The highest BCUT2D eigenvalue weighted by Crippen LogP contribution is 2.21. The van der Waals surface area contributed by atoms with Crippen LogP contribution >= 0.6 is 15.9 Å². The summed E-state index contributed by atoms with van der Waals surface area (Å²) < 4.78 is 0.808. The van der Waals surface area contributed by atoms with Gasteiger partial charge in [0.15, 0.2) is 0 Å². The first-order chi connectivity index (χ1) is 9.49. The number of carbonyl (C=O) groups excluding carboxylic acids is 1. The summed E-state index contributed by atoms with van der Waals surface area (Å²) in [4.78, 5) is 18.7. The average Bonchev–Trinajstić information content (AvgIpc) is 2.40. The fourth-order valence-electron chi connectivity index (χ4n) is 2.38. The van der Waals surface area contributed by atoms with Gasteiger partial charge in [-0.2, -0.15) is 0 Å². The van der Waals surface area contributed by atoms with Gasteiger partial charge in [-0.3, -0.25) is 4.79 Å². The molecule has 0 saturated carbocycles. The highest BCUT2D eigenvalue weighted by atomic mass is 79.9. The number of amides is 1. The number of carbonyl (C=O) groups is 1. The third-order valence-electron chi connectivity index (χ3n) is 3.65. The van der Waals surface area contributed by atoms with Crippen LogP contribution in [0.1, 0.15) is 23.7 Å². The summed E-state index contributed by atoms with van der Waals surface area (Å²) in [5, 5.41) is 6.44. The van der Waals surface area contributed by atoms with Crippen molar-refractivity contribution >= 4 is 27.7 Å². The van der Waals surface area contributed by atoms with Crippen LogP contribution in [0.15, 0.2) is 16.7 Å². The van der Waals surface area contributed by atoms with E-state index in [1.54, 1.807) is 6.20 Å². The van der Waals surface area contributed by atoms with Gasteiger partial charge in [-0.1, -0.05) is 6.92 Å². The molecule has 1 saturated heterocycles. The van der Waals surface area contributed by atoms with Crippen molar-refractivity contribution in [3.05, 3.63) is 22.3 Å². The van der Waals surface area contributed by atoms with Gasteiger partial charge in [-0.25, -0.2) is 4.98 Å². The summed E-state index contributed by atoms with van der Waals surface area (Å²) in [6, 6.07) is 1.99. The molecule has 0 spiro atoms. The zero-order valence-corrected chi connectivity index (χ0v) is 13.7. The summed E-state index contributed by atoms with van der Waals surface area (Å²) in [7, 11) is 3.77. The molecule has 2 atom stereocenters. The predicted octanol–water partition coefficient (Wildman–Crippen LogP) is 1.64. The lowest BCUT2D eigenvalue weighted by Crippen LogP contribution is -2.50. The Labute approximate surface area is 128 Å². The molecule has 6 heteroatoms. The number of nitrogens with zero attached hydrogens (tertiary/aromatic N) is 2. The first-order valence-corrected chi connectivity index (χ1v) is 7.62. The monoisotopic (exact) mass is 340 g/mol. The smallest absolute Gasteiger partial charge is 0.255 e. The van der Waals surface area contributed by atoms with E-state index >= 15 is 0 Å². The Balaban J connectivity index is 2.18. The summed E-state index contributed by atoms with van der Waals surface area (Å²) in [6.45, 7) is 4.03. The van der Waals surface area contributed by atoms with E-state index in [0.29, 0.717) is 17.3 Å². The molecule has 0 bridgehead atoms. The average molecular weight is 341 g/mol. The molecule has 110 valence electrons. The van der Waals surface area contributed by atoms with Gasteiger partial charge in [0.05, 0.1) is 5.56 Å². The summed E-state index contributed by atoms with van der Waals surface area (Å²) in [5.74, 6) is 1.10. The SMILES string of the molecule is CC1CCNCC1NC(=O)c1cc(Br)cnc1N(C)C. The molecule has 1 aromatic rings. The van der Waals surface area contributed by atoms with Crippen molar-refractivity contribution in [1.29, 1.82) is 0 Å². The number of hydrogen-bond donors (Lipinski definition) is 2. The highest BCUT2D eigenvalue weighted by molar-refractivity contribution is 9.10. The molecular weight excluding hydrogens is 320 g/mol. The lowest BCUT2D eigenvalue weighted by Gasteiger charge is -2.30. The van der Waals surface area contributed by atoms with Crippen LogP contribution in [0.25, 0.3) is 0 Å². The second-order valence-corrected chi connectivity index (χ2v) is 6.38. The maximum absolute atomic E-state index is 12.5. The molecule has 2 unspecified atom stereocenters. The molecule has 0 aromatic carbocycles. The quantitative estimate of drug-likeness (QED) is 0.878. The molecule has 2 heterocycles. The molecule has 5 nitrogen and oxygen atoms in total. The van der Waals surface area contributed by atoms with E-state index in [1.807, 2.05) is 25.1 Å². The lowest BCUT2D eigenvalue weighted by molar-refractivity contribution is 0.0915. The summed E-state index contributed by atoms with van der Waals surface area (Å²) in [5.41, 5.74) is 0.599. The minimum atomic E-state index is -0.0666. The highest BCUT2D eigenvalue weighted by Gasteiger charge is 2.24. The standard InChI is InChI=1S/C14H21BrN4O/c1-9-4-5-16-8-12(9)18-14(20)11-6-10(15)7-17-13(11)19(2)3/h6-7,9,12,16H,4-5,8H2,1-3H3,(H,18,20). The minimum absolute atomic E-state index is 0.0666. The number of anilines is 1. The Morgan fingerprint density at radius 1 is 1.55 bits per heavy atom. The van der Waals surface area contributed by atoms with Crippen LogP contribution in [-0.4, -0.2) is 44.1 Å². The van der Waals surface area contributed by atoms with Crippen LogP contribution < -0.4 is 15.5 Å². The van der Waals surface area contributed by atoms with Crippen LogP contribution in [0.3, 0.4) is 0 Å². The molecule has 0 aliphatic carbocycles. The first-order valence-electron chi connectivity index (χ1n) is 6.83. The molecular formula is C14H21BrN4O. The van der Waals surface area contributed by atoms with E-state index in [0.717, 1.165) is 24.0 Å². The van der Waals surface area contributed by atoms with E-state index < -0.39 is 0 Å². The topological polar surface area (TPSA) is 57.3 Å². The second kappa shape index (κ2) is 6.54. The predicted molar refractivity (Wildman–Crippen MR) is 84.2 cm³/mol. The normalized spacial score (nSPS) is 22.4. The van der Waals surface area contributed by atoms with Gasteiger partial charge >= 0.3 is 0 Å². The number of piperidine rings is 1. The molecule has 1 amide bonds. The molecule has 1 aliphatic rings. The van der Waals surface area contributed by atoms with Gasteiger partial charge in [0.1, 0.15) is 5.82 Å². The number of aromatic nitrogens is 1. The van der Waals surface area contributed by atoms with Crippen LogP contribution in [0.4, 0.5) is 5.82 Å². The zero-order valence-electron chi connectivity index (χ0n) is 12.1. The molecule has 1 fully saturated rings. The molecule has 1 aromatic heterocycles. The van der Waals surface area contributed by atoms with Crippen molar-refractivity contribution in [2.45, 2.75) is 19.4 Å². The number of nitrogens with one attached hydrogen (secondary N) is 2. The van der Waals surface area contributed by atoms with Gasteiger partial charge < -0.3 is 15.5 Å². The third-order valence-corrected chi connectivity index (χ3v) is 4.08. The Kier molecular flexibility index (Phi) is 4.99. The largest absolute Gasteiger partial charge is 0.362 e. The van der Waals surface area contributed by atoms with Crippen molar-refractivity contribution in [1.82, 2.24) is 15.6 Å². The minimum Gasteiger partial charge on any atom is -0.362 e. The Hall–Kier alpha value is -1.14. The number of halogens is 1. The van der Waals surface area contributed by atoms with Crippen molar-refractivity contribution in [2.24, 2.45) is 5.92 Å². The van der Waals surface area contributed by atoms with Gasteiger partial charge in [0, 0.05) is 37.4 Å². The second-order valence-electron chi connectivity index (χ2n) is 5.47. The van der Waals surface area contributed by atoms with E-state index in [2.05, 4.69) is 38.5 Å². The first kappa shape index (κ1) is 15.3. The van der Waals surface area contributed by atoms with Gasteiger partial charge in [0.2, 0.25) is 0 Å². The van der Waals surface area contributed by atoms with Crippen LogP contribution in [0, 0.1) is 5.92 Å². The number of rotatable bonds is 3. The Bertz CT molecular complexity index is 492. The Morgan fingerprint density at radius 2 is 2.30 bits per heavy atom. The number of pyridine rings is 1. The molecule has 2 rings (SSSR count). The zero-order chi connectivity index (χ0) is 14.7. The molecule has 0 radical (unpaired) electrons. The Morgan fingerprint density at radius 3 is 2.95 bits per heavy atom. The van der Waals surface area contributed by atoms with Crippen LogP contribution in [-0.2, 0) is 0 Å². The van der Waals surface area contributed by atoms with Crippen molar-refractivity contribution in [3.8, 4) is 0 Å². The summed E-state index contributed by atoms with van der Waals surface area (Å²) in [6.07, 6.45) is 2.79. The van der Waals surface area contributed by atoms with Crippen molar-refractivity contribution in [2.75, 3.05) is 32.1 Å². The molecule has 2 N–H and O–H groups in total. The van der Waals surface area contributed by atoms with Crippen molar-refractivity contribution in [3.63, 3.8) is 0 Å². The fourth-order valence-corrected chi connectivity index (χ4v) is 2.72. The van der Waals surface area contributed by atoms with E-state index in [4.69, 9.17) is 0 Å².